The van der Waals surface area contributed by atoms with Gasteiger partial charge in [0.15, 0.2) is 0 Å². The Labute approximate surface area is 425 Å². The molecule has 0 fully saturated rings. The summed E-state index contributed by atoms with van der Waals surface area (Å²) in [4.78, 5) is 113. The summed E-state index contributed by atoms with van der Waals surface area (Å²) in [5.41, 5.74) is 5.43. The summed E-state index contributed by atoms with van der Waals surface area (Å²) < 4.78 is 0. The molecule has 0 unspecified atom stereocenters. The lowest BCUT2D eigenvalue weighted by Gasteiger charge is -2.24. The standard InChI is InChI=1S/C53H97N7O11/c1-4-7-9-11-13-15-17-19-21-23-25-27-29-34-46(62)55-36-32-31-33-42(58-47(63)35-30-28-26-24-22-20-18-16-14-12-10-8-5-2)52(70)59-43(38-45(54)61)53(71)60-44(39-50(67)68)51(69)56-40-48(64)57-41(6-3)37-49(65)66/h41-44H,4-40H2,1-3H3,(H2,54,61)(H,55,62)(H,56,69)(H,57,64)(H,58,63)(H,59,70)(H,60,71)(H,65,66)(H,67,68)/t41-,42+,43+,44+/m1/s1. The molecule has 71 heavy (non-hydrogen) atoms. The highest BCUT2D eigenvalue weighted by atomic mass is 16.4. The second-order valence-electron chi connectivity index (χ2n) is 19.3. The van der Waals surface area contributed by atoms with Crippen molar-refractivity contribution in [3.05, 3.63) is 0 Å². The molecule has 0 aromatic heterocycles. The maximum absolute atomic E-state index is 13.8. The van der Waals surface area contributed by atoms with E-state index in [2.05, 4.69) is 45.7 Å². The summed E-state index contributed by atoms with van der Waals surface area (Å²) >= 11 is 0. The lowest BCUT2D eigenvalue weighted by Crippen LogP contribution is -2.58. The molecule has 0 saturated heterocycles. The lowest BCUT2D eigenvalue weighted by molar-refractivity contribution is -0.141. The van der Waals surface area contributed by atoms with Crippen molar-refractivity contribution in [3.63, 3.8) is 0 Å². The van der Waals surface area contributed by atoms with Crippen LogP contribution in [0.3, 0.4) is 0 Å². The average Bonchev–Trinajstić information content (AvgIpc) is 3.31. The predicted molar refractivity (Wildman–Crippen MR) is 277 cm³/mol. The van der Waals surface area contributed by atoms with Crippen LogP contribution in [0.15, 0.2) is 0 Å². The Bertz CT molecular complexity index is 1510. The summed E-state index contributed by atoms with van der Waals surface area (Å²) in [6.45, 7) is 5.81. The minimum Gasteiger partial charge on any atom is -0.481 e. The minimum atomic E-state index is -1.75. The van der Waals surface area contributed by atoms with Crippen molar-refractivity contribution in [2.45, 2.75) is 270 Å². The van der Waals surface area contributed by atoms with E-state index < -0.39 is 85.0 Å². The Balaban J connectivity index is 5.40. The number of primary amides is 1. The van der Waals surface area contributed by atoms with Gasteiger partial charge in [0.2, 0.25) is 41.4 Å². The molecule has 0 rings (SSSR count). The molecule has 18 nitrogen and oxygen atoms in total. The number of rotatable bonds is 49. The monoisotopic (exact) mass is 1010 g/mol. The number of carboxylic acids is 2. The van der Waals surface area contributed by atoms with Gasteiger partial charge in [0, 0.05) is 25.4 Å². The van der Waals surface area contributed by atoms with E-state index in [-0.39, 0.29) is 31.1 Å². The molecule has 0 aliphatic heterocycles. The predicted octanol–water partition coefficient (Wildman–Crippen LogP) is 7.53. The number of hydrogen-bond donors (Lipinski definition) is 9. The van der Waals surface area contributed by atoms with Crippen LogP contribution in [0, 0.1) is 0 Å². The molecular weight excluding hydrogens is 911 g/mol. The zero-order valence-corrected chi connectivity index (χ0v) is 44.1. The van der Waals surface area contributed by atoms with Gasteiger partial charge in [-0.25, -0.2) is 0 Å². The molecule has 0 saturated carbocycles. The van der Waals surface area contributed by atoms with Gasteiger partial charge in [-0.15, -0.1) is 0 Å². The lowest BCUT2D eigenvalue weighted by atomic mass is 10.0. The molecule has 4 atom stereocenters. The largest absolute Gasteiger partial charge is 0.481 e. The van der Waals surface area contributed by atoms with Crippen molar-refractivity contribution >= 4 is 53.3 Å². The van der Waals surface area contributed by atoms with E-state index in [9.17, 15) is 48.3 Å². The van der Waals surface area contributed by atoms with Crippen LogP contribution in [-0.4, -0.2) is 101 Å². The first-order valence-electron chi connectivity index (χ1n) is 27.6. The fourth-order valence-corrected chi connectivity index (χ4v) is 8.35. The molecule has 0 aromatic carbocycles. The molecule has 0 spiro atoms. The quantitative estimate of drug-likeness (QED) is 0.0269. The third-order valence-corrected chi connectivity index (χ3v) is 12.7. The Hall–Kier alpha value is -4.77. The molecule has 7 amide bonds. The number of aliphatic carboxylic acids is 2. The number of carboxylic acid groups (broad SMARTS) is 2. The molecular formula is C53H97N7O11. The fourth-order valence-electron chi connectivity index (χ4n) is 8.35. The van der Waals surface area contributed by atoms with Gasteiger partial charge in [0.25, 0.3) is 0 Å². The van der Waals surface area contributed by atoms with E-state index >= 15 is 0 Å². The average molecular weight is 1010 g/mol. The topological polar surface area (TPSA) is 292 Å². The molecule has 0 aliphatic carbocycles. The van der Waals surface area contributed by atoms with Gasteiger partial charge in [-0.1, -0.05) is 175 Å². The highest BCUT2D eigenvalue weighted by Crippen LogP contribution is 2.15. The first-order chi connectivity index (χ1) is 34.1. The number of carbonyl (C=O) groups excluding carboxylic acids is 7. The second kappa shape index (κ2) is 45.1. The number of hydrogen-bond acceptors (Lipinski definition) is 9. The molecule has 0 aromatic rings. The summed E-state index contributed by atoms with van der Waals surface area (Å²) in [6.07, 6.45) is 30.6. The Morgan fingerprint density at radius 3 is 1.23 bits per heavy atom. The normalized spacial score (nSPS) is 12.7. The van der Waals surface area contributed by atoms with Gasteiger partial charge in [0.05, 0.1) is 25.8 Å². The SMILES string of the molecule is CCCCCCCCCCCCCCCC(=O)NCCCC[C@H](NC(=O)CCCCCCCCCCCCCCC)C(=O)N[C@@H](CC(N)=O)C(=O)N[C@@H](CC(=O)O)C(=O)NCC(=O)N[C@H](CC)CC(=O)O. The van der Waals surface area contributed by atoms with Gasteiger partial charge in [-0.05, 0) is 38.5 Å². The Morgan fingerprint density at radius 2 is 0.803 bits per heavy atom. The minimum absolute atomic E-state index is 0.0483. The van der Waals surface area contributed by atoms with E-state index in [4.69, 9.17) is 10.8 Å². The van der Waals surface area contributed by atoms with Crippen LogP contribution >= 0.6 is 0 Å². The van der Waals surface area contributed by atoms with Crippen molar-refractivity contribution in [1.82, 2.24) is 31.9 Å². The molecule has 10 N–H and O–H groups in total. The zero-order valence-electron chi connectivity index (χ0n) is 44.1. The van der Waals surface area contributed by atoms with Gasteiger partial charge >= 0.3 is 11.9 Å². The van der Waals surface area contributed by atoms with Crippen LogP contribution in [0.2, 0.25) is 0 Å². The summed E-state index contributed by atoms with van der Waals surface area (Å²) in [7, 11) is 0. The number of nitrogens with one attached hydrogen (secondary N) is 6. The van der Waals surface area contributed by atoms with Crippen LogP contribution in [0.5, 0.6) is 0 Å². The number of amides is 7. The van der Waals surface area contributed by atoms with Crippen molar-refractivity contribution in [2.75, 3.05) is 13.1 Å². The van der Waals surface area contributed by atoms with Gasteiger partial charge in [-0.3, -0.25) is 43.2 Å². The maximum atomic E-state index is 13.8. The second-order valence-corrected chi connectivity index (χ2v) is 19.3. The van der Waals surface area contributed by atoms with Crippen LogP contribution in [0.25, 0.3) is 0 Å². The van der Waals surface area contributed by atoms with Gasteiger partial charge in [0.1, 0.15) is 18.1 Å². The summed E-state index contributed by atoms with van der Waals surface area (Å²) in [5.74, 6) is -7.78. The summed E-state index contributed by atoms with van der Waals surface area (Å²) in [6, 6.07) is -5.28. The third kappa shape index (κ3) is 40.5. The van der Waals surface area contributed by atoms with Crippen LogP contribution in [0.4, 0.5) is 0 Å². The molecule has 0 heterocycles. The van der Waals surface area contributed by atoms with E-state index in [0.717, 1.165) is 44.9 Å². The van der Waals surface area contributed by atoms with Crippen LogP contribution in [-0.2, 0) is 43.2 Å². The Kier molecular flexibility index (Phi) is 42.1. The number of nitrogens with two attached hydrogens (primary N) is 1. The molecule has 0 radical (unpaired) electrons. The van der Waals surface area contributed by atoms with Gasteiger partial charge < -0.3 is 47.8 Å². The summed E-state index contributed by atoms with van der Waals surface area (Å²) in [5, 5.41) is 33.6. The van der Waals surface area contributed by atoms with E-state index in [1.54, 1.807) is 6.92 Å². The maximum Gasteiger partial charge on any atom is 0.305 e. The number of carbonyl (C=O) groups is 9. The van der Waals surface area contributed by atoms with Crippen molar-refractivity contribution in [1.29, 1.82) is 0 Å². The molecule has 18 heteroatoms. The van der Waals surface area contributed by atoms with Crippen LogP contribution in [0.1, 0.15) is 245 Å². The highest BCUT2D eigenvalue weighted by molar-refractivity contribution is 5.97. The fraction of sp³-hybridized carbons (Fsp3) is 0.830. The zero-order chi connectivity index (χ0) is 52.9. The molecule has 0 aliphatic rings. The number of unbranched alkanes of at least 4 members (excludes halogenated alkanes) is 25. The van der Waals surface area contributed by atoms with Crippen molar-refractivity contribution < 1.29 is 53.4 Å². The highest BCUT2D eigenvalue weighted by Gasteiger charge is 2.32. The van der Waals surface area contributed by atoms with Crippen LogP contribution < -0.4 is 37.6 Å². The van der Waals surface area contributed by atoms with E-state index in [1.807, 2.05) is 0 Å². The first kappa shape index (κ1) is 66.2. The molecule has 410 valence electrons. The Morgan fingerprint density at radius 1 is 0.394 bits per heavy atom. The van der Waals surface area contributed by atoms with Gasteiger partial charge in [-0.2, -0.15) is 0 Å². The first-order valence-corrected chi connectivity index (χ1v) is 27.6. The third-order valence-electron chi connectivity index (χ3n) is 12.7. The van der Waals surface area contributed by atoms with Crippen molar-refractivity contribution in [3.8, 4) is 0 Å². The van der Waals surface area contributed by atoms with Crippen molar-refractivity contribution in [2.24, 2.45) is 5.73 Å². The van der Waals surface area contributed by atoms with E-state index in [0.29, 0.717) is 38.6 Å². The molecule has 0 bridgehead atoms. The smallest absolute Gasteiger partial charge is 0.305 e. The van der Waals surface area contributed by atoms with E-state index in [1.165, 1.54) is 116 Å².